The topological polar surface area (TPSA) is 143 Å². The summed E-state index contributed by atoms with van der Waals surface area (Å²) in [6.45, 7) is -0.664. The van der Waals surface area contributed by atoms with Gasteiger partial charge in [-0.05, 0) is 0 Å². The summed E-state index contributed by atoms with van der Waals surface area (Å²) in [5.41, 5.74) is 0. The van der Waals surface area contributed by atoms with Crippen LogP contribution in [-0.4, -0.2) is 62.8 Å². The fraction of sp³-hybridized carbons (Fsp3) is 1.00. The van der Waals surface area contributed by atoms with E-state index in [-0.39, 0.29) is 0 Å². The average molecular weight is 225 g/mol. The van der Waals surface area contributed by atoms with Crippen LogP contribution in [0.15, 0.2) is 0 Å². The highest BCUT2D eigenvalue weighted by atomic mass is 17.0. The molecule has 88 valence electrons. The van der Waals surface area contributed by atoms with Gasteiger partial charge in [-0.3, -0.25) is 4.84 Å². The van der Waals surface area contributed by atoms with Crippen molar-refractivity contribution in [1.82, 2.24) is 0 Å². The Balaban J connectivity index is 2.69. The molecular weight excluding hydrogens is 214 g/mol. The molecule has 0 aliphatic carbocycles. The van der Waals surface area contributed by atoms with Gasteiger partial charge in [-0.1, -0.05) is 0 Å². The predicted octanol–water partition coefficient (Wildman–Crippen LogP) is -3.01. The van der Waals surface area contributed by atoms with Crippen LogP contribution in [0, 0.1) is 10.1 Å². The molecule has 9 nitrogen and oxygen atoms in total. The van der Waals surface area contributed by atoms with Crippen molar-refractivity contribution in [2.45, 2.75) is 30.7 Å². The molecule has 1 rings (SSSR count). The van der Waals surface area contributed by atoms with E-state index in [1.807, 2.05) is 0 Å². The van der Waals surface area contributed by atoms with Crippen LogP contribution >= 0.6 is 0 Å². The summed E-state index contributed by atoms with van der Waals surface area (Å²) in [6.07, 6.45) is -7.94. The van der Waals surface area contributed by atoms with Crippen LogP contribution in [0.4, 0.5) is 0 Å². The zero-order chi connectivity index (χ0) is 11.6. The zero-order valence-electron chi connectivity index (χ0n) is 7.46. The summed E-state index contributed by atoms with van der Waals surface area (Å²) in [5, 5.41) is 45.2. The van der Waals surface area contributed by atoms with Crippen molar-refractivity contribution in [2.75, 3.05) is 6.61 Å². The molecule has 1 aliphatic heterocycles. The largest absolute Gasteiger partial charge is 0.394 e. The van der Waals surface area contributed by atoms with Gasteiger partial charge in [0.2, 0.25) is 6.29 Å². The van der Waals surface area contributed by atoms with Gasteiger partial charge in [0.25, 0.3) is 5.09 Å². The van der Waals surface area contributed by atoms with E-state index in [1.54, 1.807) is 0 Å². The second-order valence-corrected chi connectivity index (χ2v) is 3.03. The molecule has 0 amide bonds. The molecule has 0 bridgehead atoms. The Kier molecular flexibility index (Phi) is 3.77. The SMILES string of the molecule is O=[N+]([O-])O[C@H]1O[C@H](CO)[C@H](O)[C@H](O)[C@H]1O. The number of aliphatic hydroxyl groups excluding tert-OH is 4. The maximum atomic E-state index is 9.98. The molecular formula is C6H11NO8. The van der Waals surface area contributed by atoms with Crippen LogP contribution in [0.3, 0.4) is 0 Å². The molecule has 5 atom stereocenters. The molecule has 0 unspecified atom stereocenters. The molecule has 15 heavy (non-hydrogen) atoms. The number of aliphatic hydroxyl groups is 4. The lowest BCUT2D eigenvalue weighted by Crippen LogP contribution is -2.59. The highest BCUT2D eigenvalue weighted by Gasteiger charge is 2.45. The number of rotatable bonds is 3. The van der Waals surface area contributed by atoms with Gasteiger partial charge in [0.15, 0.2) is 0 Å². The van der Waals surface area contributed by atoms with Gasteiger partial charge in [0.1, 0.15) is 24.4 Å². The van der Waals surface area contributed by atoms with Crippen molar-refractivity contribution >= 4 is 0 Å². The van der Waals surface area contributed by atoms with E-state index in [0.29, 0.717) is 0 Å². The summed E-state index contributed by atoms with van der Waals surface area (Å²) in [6, 6.07) is 0. The van der Waals surface area contributed by atoms with Crippen LogP contribution in [0.2, 0.25) is 0 Å². The first-order valence-electron chi connectivity index (χ1n) is 4.09. The lowest BCUT2D eigenvalue weighted by Gasteiger charge is -2.38. The fourth-order valence-electron chi connectivity index (χ4n) is 1.24. The summed E-state index contributed by atoms with van der Waals surface area (Å²) in [4.78, 5) is 13.9. The molecule has 1 aliphatic rings. The van der Waals surface area contributed by atoms with Gasteiger partial charge < -0.3 is 25.2 Å². The highest BCUT2D eigenvalue weighted by Crippen LogP contribution is 2.21. The molecule has 4 N–H and O–H groups in total. The van der Waals surface area contributed by atoms with E-state index >= 15 is 0 Å². The van der Waals surface area contributed by atoms with Gasteiger partial charge in [-0.15, -0.1) is 10.1 Å². The van der Waals surface area contributed by atoms with Gasteiger partial charge in [-0.25, -0.2) is 0 Å². The van der Waals surface area contributed by atoms with E-state index in [0.717, 1.165) is 0 Å². The number of ether oxygens (including phenoxy) is 1. The predicted molar refractivity (Wildman–Crippen MR) is 41.8 cm³/mol. The van der Waals surface area contributed by atoms with Crippen molar-refractivity contribution in [1.29, 1.82) is 0 Å². The lowest BCUT2D eigenvalue weighted by molar-refractivity contribution is -0.785. The molecule has 0 aromatic rings. The number of nitrogens with zero attached hydrogens (tertiary/aromatic N) is 1. The van der Waals surface area contributed by atoms with Crippen molar-refractivity contribution < 1.29 is 35.1 Å². The Bertz CT molecular complexity index is 233. The molecule has 0 radical (unpaired) electrons. The van der Waals surface area contributed by atoms with Crippen LogP contribution < -0.4 is 0 Å². The van der Waals surface area contributed by atoms with Crippen molar-refractivity contribution in [3.05, 3.63) is 10.1 Å². The van der Waals surface area contributed by atoms with Crippen LogP contribution in [-0.2, 0) is 9.57 Å². The van der Waals surface area contributed by atoms with Crippen LogP contribution in [0.1, 0.15) is 0 Å². The zero-order valence-corrected chi connectivity index (χ0v) is 7.46. The van der Waals surface area contributed by atoms with E-state index in [2.05, 4.69) is 9.57 Å². The van der Waals surface area contributed by atoms with Gasteiger partial charge in [-0.2, -0.15) is 0 Å². The molecule has 9 heteroatoms. The second-order valence-electron chi connectivity index (χ2n) is 3.03. The first-order valence-corrected chi connectivity index (χ1v) is 4.09. The molecule has 0 aromatic heterocycles. The van der Waals surface area contributed by atoms with Gasteiger partial charge in [0, 0.05) is 0 Å². The minimum absolute atomic E-state index is 0.664. The standard InChI is InChI=1S/C6H11NO8/c8-1-2-3(9)4(10)5(11)6(14-2)15-7(12)13/h2-6,8-11H,1H2/t2-,3+,4+,5-,6-/m1/s1. The minimum Gasteiger partial charge on any atom is -0.394 e. The van der Waals surface area contributed by atoms with E-state index in [4.69, 9.17) is 5.11 Å². The van der Waals surface area contributed by atoms with Gasteiger partial charge >= 0.3 is 0 Å². The minimum atomic E-state index is -1.76. The molecule has 0 spiro atoms. The van der Waals surface area contributed by atoms with E-state index in [9.17, 15) is 25.4 Å². The average Bonchev–Trinajstić information content (AvgIpc) is 2.18. The van der Waals surface area contributed by atoms with Gasteiger partial charge in [0.05, 0.1) is 6.61 Å². The van der Waals surface area contributed by atoms with Crippen molar-refractivity contribution in [3.8, 4) is 0 Å². The van der Waals surface area contributed by atoms with Crippen molar-refractivity contribution in [3.63, 3.8) is 0 Å². The Morgan fingerprint density at radius 1 is 1.27 bits per heavy atom. The van der Waals surface area contributed by atoms with E-state index in [1.165, 1.54) is 0 Å². The quantitative estimate of drug-likeness (QED) is 0.294. The Labute approximate surface area is 83.6 Å². The monoisotopic (exact) mass is 225 g/mol. The number of hydrogen-bond acceptors (Lipinski definition) is 8. The Morgan fingerprint density at radius 3 is 2.33 bits per heavy atom. The highest BCUT2D eigenvalue weighted by molar-refractivity contribution is 4.88. The summed E-state index contributed by atoms with van der Waals surface area (Å²) in [5.74, 6) is 0. The normalized spacial score (nSPS) is 41.2. The lowest BCUT2D eigenvalue weighted by atomic mass is 9.99. The first-order chi connectivity index (χ1) is 6.97. The second kappa shape index (κ2) is 4.68. The molecule has 0 saturated carbocycles. The molecule has 0 aromatic carbocycles. The third kappa shape index (κ3) is 2.52. The summed E-state index contributed by atoms with van der Waals surface area (Å²) in [7, 11) is 0. The number of hydrogen-bond donors (Lipinski definition) is 4. The smallest absolute Gasteiger partial charge is 0.297 e. The third-order valence-corrected chi connectivity index (χ3v) is 2.04. The third-order valence-electron chi connectivity index (χ3n) is 2.04. The maximum absolute atomic E-state index is 9.98. The Morgan fingerprint density at radius 2 is 1.87 bits per heavy atom. The fourth-order valence-corrected chi connectivity index (χ4v) is 1.24. The maximum Gasteiger partial charge on any atom is 0.297 e. The first kappa shape index (κ1) is 12.1. The Hall–Kier alpha value is -1.00. The summed E-state index contributed by atoms with van der Waals surface area (Å²) < 4.78 is 4.67. The van der Waals surface area contributed by atoms with Crippen LogP contribution in [0.5, 0.6) is 0 Å². The van der Waals surface area contributed by atoms with Crippen LogP contribution in [0.25, 0.3) is 0 Å². The molecule has 1 fully saturated rings. The molecule has 1 heterocycles. The van der Waals surface area contributed by atoms with Crippen molar-refractivity contribution in [2.24, 2.45) is 0 Å². The summed E-state index contributed by atoms with van der Waals surface area (Å²) >= 11 is 0. The molecule has 1 saturated heterocycles. The van der Waals surface area contributed by atoms with E-state index < -0.39 is 42.4 Å².